The lowest BCUT2D eigenvalue weighted by Gasteiger charge is -2.21. The topological polar surface area (TPSA) is 54.4 Å². The third-order valence-corrected chi connectivity index (χ3v) is 5.66. The van der Waals surface area contributed by atoms with Crippen molar-refractivity contribution in [2.24, 2.45) is 0 Å². The second kappa shape index (κ2) is 5.37. The van der Waals surface area contributed by atoms with Crippen LogP contribution in [-0.4, -0.2) is 29.2 Å². The second-order valence-corrected chi connectivity index (χ2v) is 7.09. The molecule has 1 N–H and O–H groups in total. The summed E-state index contributed by atoms with van der Waals surface area (Å²) in [4.78, 5) is 0. The van der Waals surface area contributed by atoms with Crippen molar-refractivity contribution < 1.29 is 13.0 Å². The van der Waals surface area contributed by atoms with Crippen LogP contribution in [0.25, 0.3) is 0 Å². The molecule has 5 heteroatoms. The van der Waals surface area contributed by atoms with Crippen LogP contribution in [0.2, 0.25) is 0 Å². The van der Waals surface area contributed by atoms with Gasteiger partial charge in [0.2, 0.25) is 0 Å². The second-order valence-electron chi connectivity index (χ2n) is 3.92. The Labute approximate surface area is 90.4 Å². The Morgan fingerprint density at radius 3 is 2.43 bits per heavy atom. The molecule has 0 saturated heterocycles. The van der Waals surface area contributed by atoms with Gasteiger partial charge in [0.05, 0.1) is 5.25 Å². The molecule has 0 radical (unpaired) electrons. The summed E-state index contributed by atoms with van der Waals surface area (Å²) < 4.78 is 30.3. The monoisotopic (exact) mass is 238 g/mol. The van der Waals surface area contributed by atoms with E-state index in [2.05, 4.69) is 0 Å². The molecular weight excluding hydrogens is 220 g/mol. The van der Waals surface area contributed by atoms with Gasteiger partial charge in [-0.05, 0) is 19.8 Å². The molecular formula is C9H18O3S2. The molecule has 3 nitrogen and oxygen atoms in total. The van der Waals surface area contributed by atoms with Crippen LogP contribution in [0.15, 0.2) is 0 Å². The van der Waals surface area contributed by atoms with Crippen molar-refractivity contribution in [3.05, 3.63) is 0 Å². The van der Waals surface area contributed by atoms with Gasteiger partial charge in [-0.2, -0.15) is 20.2 Å². The number of rotatable bonds is 4. The lowest BCUT2D eigenvalue weighted by atomic mass is 10.0. The smallest absolute Gasteiger partial charge is 0.268 e. The van der Waals surface area contributed by atoms with E-state index in [1.54, 1.807) is 18.7 Å². The molecule has 1 aliphatic rings. The van der Waals surface area contributed by atoms with Crippen LogP contribution in [0.3, 0.4) is 0 Å². The van der Waals surface area contributed by atoms with Gasteiger partial charge in [0, 0.05) is 11.0 Å². The molecule has 1 saturated carbocycles. The molecule has 0 aromatic heterocycles. The number of hydrogen-bond acceptors (Lipinski definition) is 3. The highest BCUT2D eigenvalue weighted by Crippen LogP contribution is 2.29. The standard InChI is InChI=1S/C9H18O3S2/c1-8(14(10,11)12)7-13-9-5-3-2-4-6-9/h8-9H,2-7H2,1H3,(H,10,11,12). The van der Waals surface area contributed by atoms with Crippen LogP contribution in [0, 0.1) is 0 Å². The van der Waals surface area contributed by atoms with Gasteiger partial charge in [-0.1, -0.05) is 19.3 Å². The first kappa shape index (κ1) is 12.3. The maximum atomic E-state index is 10.7. The summed E-state index contributed by atoms with van der Waals surface area (Å²) in [5.74, 6) is 0.517. The quantitative estimate of drug-likeness (QED) is 0.764. The summed E-state index contributed by atoms with van der Waals surface area (Å²) in [6.07, 6.45) is 6.23. The summed E-state index contributed by atoms with van der Waals surface area (Å²) >= 11 is 1.69. The van der Waals surface area contributed by atoms with E-state index < -0.39 is 15.4 Å². The van der Waals surface area contributed by atoms with Gasteiger partial charge in [0.15, 0.2) is 0 Å². The van der Waals surface area contributed by atoms with E-state index in [9.17, 15) is 8.42 Å². The Morgan fingerprint density at radius 2 is 1.93 bits per heavy atom. The summed E-state index contributed by atoms with van der Waals surface area (Å²) in [5.41, 5.74) is 0. The fourth-order valence-corrected chi connectivity index (χ4v) is 3.72. The van der Waals surface area contributed by atoms with Crippen molar-refractivity contribution in [2.45, 2.75) is 49.5 Å². The Balaban J connectivity index is 2.25. The molecule has 1 fully saturated rings. The van der Waals surface area contributed by atoms with Crippen molar-refractivity contribution in [3.8, 4) is 0 Å². The van der Waals surface area contributed by atoms with Crippen molar-refractivity contribution in [1.29, 1.82) is 0 Å². The first-order valence-corrected chi connectivity index (χ1v) is 7.63. The zero-order valence-corrected chi connectivity index (χ0v) is 10.1. The van der Waals surface area contributed by atoms with Gasteiger partial charge in [-0.3, -0.25) is 4.55 Å². The van der Waals surface area contributed by atoms with Crippen molar-refractivity contribution in [2.75, 3.05) is 5.75 Å². The number of thioether (sulfide) groups is 1. The molecule has 14 heavy (non-hydrogen) atoms. The highest BCUT2D eigenvalue weighted by molar-refractivity contribution is 8.00. The van der Waals surface area contributed by atoms with E-state index in [0.29, 0.717) is 11.0 Å². The third kappa shape index (κ3) is 4.19. The van der Waals surface area contributed by atoms with Gasteiger partial charge < -0.3 is 0 Å². The lowest BCUT2D eigenvalue weighted by Crippen LogP contribution is -2.21. The zero-order valence-electron chi connectivity index (χ0n) is 8.48. The molecule has 1 aliphatic carbocycles. The van der Waals surface area contributed by atoms with Crippen molar-refractivity contribution in [1.82, 2.24) is 0 Å². The SMILES string of the molecule is CC(CSC1CCCCC1)S(=O)(=O)O. The van der Waals surface area contributed by atoms with Gasteiger partial charge in [0.1, 0.15) is 0 Å². The minimum absolute atomic E-state index is 0.517. The van der Waals surface area contributed by atoms with E-state index in [1.807, 2.05) is 0 Å². The van der Waals surface area contributed by atoms with E-state index >= 15 is 0 Å². The minimum Gasteiger partial charge on any atom is -0.285 e. The molecule has 0 aromatic carbocycles. The van der Waals surface area contributed by atoms with Crippen LogP contribution in [0.5, 0.6) is 0 Å². The van der Waals surface area contributed by atoms with Crippen LogP contribution in [0.1, 0.15) is 39.0 Å². The van der Waals surface area contributed by atoms with E-state index in [0.717, 1.165) is 0 Å². The average molecular weight is 238 g/mol. The molecule has 0 amide bonds. The first-order chi connectivity index (χ1) is 6.50. The molecule has 0 aliphatic heterocycles. The predicted octanol–water partition coefficient (Wildman–Crippen LogP) is 2.33. The van der Waals surface area contributed by atoms with Gasteiger partial charge >= 0.3 is 0 Å². The fourth-order valence-electron chi connectivity index (χ4n) is 1.59. The highest BCUT2D eigenvalue weighted by atomic mass is 32.2. The summed E-state index contributed by atoms with van der Waals surface area (Å²) in [6.45, 7) is 1.56. The first-order valence-electron chi connectivity index (χ1n) is 5.08. The molecule has 0 spiro atoms. The van der Waals surface area contributed by atoms with Gasteiger partial charge in [0.25, 0.3) is 10.1 Å². The minimum atomic E-state index is -3.82. The van der Waals surface area contributed by atoms with Crippen LogP contribution in [0.4, 0.5) is 0 Å². The summed E-state index contributed by atoms with van der Waals surface area (Å²) in [5, 5.41) is -0.0256. The third-order valence-electron chi connectivity index (χ3n) is 2.63. The van der Waals surface area contributed by atoms with Crippen molar-refractivity contribution >= 4 is 21.9 Å². The number of hydrogen-bond donors (Lipinski definition) is 1. The molecule has 0 heterocycles. The lowest BCUT2D eigenvalue weighted by molar-refractivity contribution is 0.474. The van der Waals surface area contributed by atoms with E-state index in [4.69, 9.17) is 4.55 Å². The largest absolute Gasteiger partial charge is 0.285 e. The van der Waals surface area contributed by atoms with E-state index in [1.165, 1.54) is 32.1 Å². The van der Waals surface area contributed by atoms with Gasteiger partial charge in [-0.25, -0.2) is 0 Å². The van der Waals surface area contributed by atoms with Gasteiger partial charge in [-0.15, -0.1) is 0 Å². The predicted molar refractivity (Wildman–Crippen MR) is 60.3 cm³/mol. The molecule has 84 valence electrons. The fraction of sp³-hybridized carbons (Fsp3) is 1.00. The maximum Gasteiger partial charge on any atom is 0.268 e. The Hall–Kier alpha value is 0.260. The Kier molecular flexibility index (Phi) is 4.73. The zero-order chi connectivity index (χ0) is 10.6. The molecule has 0 aromatic rings. The maximum absolute atomic E-state index is 10.7. The molecule has 1 atom stereocenters. The van der Waals surface area contributed by atoms with Crippen molar-refractivity contribution in [3.63, 3.8) is 0 Å². The van der Waals surface area contributed by atoms with Crippen LogP contribution in [-0.2, 0) is 10.1 Å². The van der Waals surface area contributed by atoms with E-state index in [-0.39, 0.29) is 0 Å². The molecule has 1 rings (SSSR count). The molecule has 0 bridgehead atoms. The Bertz CT molecular complexity index is 255. The highest BCUT2D eigenvalue weighted by Gasteiger charge is 2.20. The summed E-state index contributed by atoms with van der Waals surface area (Å²) in [6, 6.07) is 0. The average Bonchev–Trinajstić information content (AvgIpc) is 2.14. The molecule has 1 unspecified atom stereocenters. The van der Waals surface area contributed by atoms with Crippen LogP contribution < -0.4 is 0 Å². The Morgan fingerprint density at radius 1 is 1.36 bits per heavy atom. The van der Waals surface area contributed by atoms with Crippen LogP contribution >= 0.6 is 11.8 Å². The normalized spacial score (nSPS) is 22.1. The summed E-state index contributed by atoms with van der Waals surface area (Å²) in [7, 11) is -3.82.